The van der Waals surface area contributed by atoms with Gasteiger partial charge in [0.1, 0.15) is 17.4 Å². The Morgan fingerprint density at radius 2 is 1.83 bits per heavy atom. The van der Waals surface area contributed by atoms with E-state index in [2.05, 4.69) is 0 Å². The molecule has 0 radical (unpaired) electrons. The number of halogens is 3. The average Bonchev–Trinajstić information content (AvgIpc) is 2.27. The number of hydrogen-bond acceptors (Lipinski definition) is 4. The van der Waals surface area contributed by atoms with E-state index in [-0.39, 0.29) is 25.6 Å². The van der Waals surface area contributed by atoms with E-state index in [1.165, 1.54) is 0 Å². The highest BCUT2D eigenvalue weighted by atomic mass is 35.7. The molecule has 1 aromatic rings. The van der Waals surface area contributed by atoms with Crippen LogP contribution in [0.4, 0.5) is 0 Å². The zero-order chi connectivity index (χ0) is 13.6. The molecule has 0 amide bonds. The normalized spacial score (nSPS) is 11.5. The summed E-state index contributed by atoms with van der Waals surface area (Å²) in [5, 5.41) is 0.742. The van der Waals surface area contributed by atoms with E-state index >= 15 is 0 Å². The maximum atomic E-state index is 10.6. The molecule has 0 aliphatic heterocycles. The van der Waals surface area contributed by atoms with Crippen LogP contribution >= 0.6 is 33.9 Å². The quantitative estimate of drug-likeness (QED) is 0.568. The molecule has 0 aliphatic carbocycles. The maximum absolute atomic E-state index is 10.6. The second-order valence-corrected chi connectivity index (χ2v) is 6.94. The van der Waals surface area contributed by atoms with Gasteiger partial charge in [0.05, 0.1) is 24.0 Å². The molecule has 0 N–H and O–H groups in total. The van der Waals surface area contributed by atoms with Crippen LogP contribution in [-0.4, -0.2) is 34.0 Å². The molecule has 0 spiro atoms. The van der Waals surface area contributed by atoms with Gasteiger partial charge in [-0.2, -0.15) is 0 Å². The summed E-state index contributed by atoms with van der Waals surface area (Å²) in [6, 6.07) is 5.04. The summed E-state index contributed by atoms with van der Waals surface area (Å²) >= 11 is 11.7. The molecule has 0 bridgehead atoms. The minimum Gasteiger partial charge on any atom is -0.490 e. The van der Waals surface area contributed by atoms with E-state index in [0.29, 0.717) is 15.8 Å². The Labute approximate surface area is 120 Å². The summed E-state index contributed by atoms with van der Waals surface area (Å²) < 4.78 is 31.5. The van der Waals surface area contributed by atoms with Crippen LogP contribution < -0.4 is 4.74 Å². The first kappa shape index (κ1) is 15.9. The molecule has 18 heavy (non-hydrogen) atoms. The highest BCUT2D eigenvalue weighted by Crippen LogP contribution is 2.31. The summed E-state index contributed by atoms with van der Waals surface area (Å²) in [6.07, 6.45) is 0. The molecule has 0 fully saturated rings. The van der Waals surface area contributed by atoms with Crippen LogP contribution in [-0.2, 0) is 13.8 Å². The van der Waals surface area contributed by atoms with Crippen molar-refractivity contribution in [2.24, 2.45) is 0 Å². The van der Waals surface area contributed by atoms with E-state index in [1.807, 2.05) is 0 Å². The largest absolute Gasteiger partial charge is 0.490 e. The monoisotopic (exact) mass is 332 g/mol. The molecule has 0 heterocycles. The van der Waals surface area contributed by atoms with Crippen molar-refractivity contribution in [3.63, 3.8) is 0 Å². The first-order valence-corrected chi connectivity index (χ1v) is 8.20. The van der Waals surface area contributed by atoms with Gasteiger partial charge in [0, 0.05) is 10.7 Å². The van der Waals surface area contributed by atoms with Crippen LogP contribution in [0.1, 0.15) is 0 Å². The van der Waals surface area contributed by atoms with Gasteiger partial charge < -0.3 is 9.47 Å². The van der Waals surface area contributed by atoms with Gasteiger partial charge in [-0.3, -0.25) is 0 Å². The van der Waals surface area contributed by atoms with Crippen molar-refractivity contribution in [1.82, 2.24) is 0 Å². The molecule has 1 rings (SSSR count). The van der Waals surface area contributed by atoms with Gasteiger partial charge in [-0.15, -0.1) is 0 Å². The Hall–Kier alpha value is -0.200. The third-order valence-electron chi connectivity index (χ3n) is 1.87. The average molecular weight is 334 g/mol. The molecule has 0 aromatic heterocycles. The van der Waals surface area contributed by atoms with E-state index in [4.69, 9.17) is 43.4 Å². The molecule has 0 aliphatic rings. The lowest BCUT2D eigenvalue weighted by atomic mass is 10.3. The maximum Gasteiger partial charge on any atom is 0.234 e. The van der Waals surface area contributed by atoms with Gasteiger partial charge in [0.15, 0.2) is 0 Å². The van der Waals surface area contributed by atoms with Crippen LogP contribution in [0.2, 0.25) is 10.0 Å². The molecule has 0 atom stereocenters. The van der Waals surface area contributed by atoms with Gasteiger partial charge >= 0.3 is 0 Å². The smallest absolute Gasteiger partial charge is 0.234 e. The van der Waals surface area contributed by atoms with E-state index < -0.39 is 9.05 Å². The highest BCUT2D eigenvalue weighted by Gasteiger charge is 2.06. The van der Waals surface area contributed by atoms with E-state index in [0.717, 1.165) is 0 Å². The van der Waals surface area contributed by atoms with Crippen molar-refractivity contribution in [1.29, 1.82) is 0 Å². The molecule has 1 aromatic carbocycles. The number of benzene rings is 1. The second-order valence-electron chi connectivity index (χ2n) is 3.26. The topological polar surface area (TPSA) is 52.6 Å². The van der Waals surface area contributed by atoms with Crippen molar-refractivity contribution in [2.75, 3.05) is 25.6 Å². The minimum absolute atomic E-state index is 0.0263. The minimum atomic E-state index is -3.51. The molecular formula is C10H11Cl3O4S. The lowest BCUT2D eigenvalue weighted by molar-refractivity contribution is 0.111. The molecular weight excluding hydrogens is 323 g/mol. The molecule has 102 valence electrons. The fraction of sp³-hybridized carbons (Fsp3) is 0.400. The Bertz CT molecular complexity index is 490. The Morgan fingerprint density at radius 3 is 2.50 bits per heavy atom. The molecule has 4 nitrogen and oxygen atoms in total. The third kappa shape index (κ3) is 6.11. The standard InChI is InChI=1S/C10H11Cl3O4S/c11-8-2-1-3-9(10(8)12)17-5-4-16-6-7-18(13,14)15/h1-3H,4-7H2. The summed E-state index contributed by atoms with van der Waals surface area (Å²) in [5.74, 6) is 0.227. The number of rotatable bonds is 7. The third-order valence-corrected chi connectivity index (χ3v) is 3.79. The van der Waals surface area contributed by atoms with Gasteiger partial charge in [0.2, 0.25) is 9.05 Å². The number of hydrogen-bond donors (Lipinski definition) is 0. The zero-order valence-electron chi connectivity index (χ0n) is 9.24. The molecule has 0 unspecified atom stereocenters. The van der Waals surface area contributed by atoms with Crippen molar-refractivity contribution in [3.8, 4) is 5.75 Å². The second kappa shape index (κ2) is 7.40. The molecule has 0 saturated carbocycles. The Morgan fingerprint density at radius 1 is 1.11 bits per heavy atom. The van der Waals surface area contributed by atoms with Crippen LogP contribution in [0.15, 0.2) is 18.2 Å². The summed E-state index contributed by atoms with van der Waals surface area (Å²) in [7, 11) is 1.50. The summed E-state index contributed by atoms with van der Waals surface area (Å²) in [5.41, 5.74) is 0. The summed E-state index contributed by atoms with van der Waals surface area (Å²) in [4.78, 5) is 0. The molecule has 0 saturated heterocycles. The van der Waals surface area contributed by atoms with Crippen molar-refractivity contribution in [3.05, 3.63) is 28.2 Å². The first-order chi connectivity index (χ1) is 8.40. The van der Waals surface area contributed by atoms with Gasteiger partial charge in [-0.1, -0.05) is 29.3 Å². The summed E-state index contributed by atoms with van der Waals surface area (Å²) in [6.45, 7) is 0.496. The van der Waals surface area contributed by atoms with Gasteiger partial charge in [0.25, 0.3) is 0 Å². The fourth-order valence-electron chi connectivity index (χ4n) is 1.07. The predicted molar refractivity (Wildman–Crippen MR) is 72.4 cm³/mol. The first-order valence-electron chi connectivity index (χ1n) is 4.97. The van der Waals surface area contributed by atoms with E-state index in [1.54, 1.807) is 18.2 Å². The fourth-order valence-corrected chi connectivity index (χ4v) is 1.92. The van der Waals surface area contributed by atoms with Crippen LogP contribution in [0.25, 0.3) is 0 Å². The van der Waals surface area contributed by atoms with Gasteiger partial charge in [-0.25, -0.2) is 8.42 Å². The Balaban J connectivity index is 2.24. The van der Waals surface area contributed by atoms with Crippen molar-refractivity contribution >= 4 is 42.9 Å². The lowest BCUT2D eigenvalue weighted by Crippen LogP contribution is -2.12. The highest BCUT2D eigenvalue weighted by molar-refractivity contribution is 8.13. The predicted octanol–water partition coefficient (Wildman–Crippen LogP) is 2.96. The molecule has 8 heteroatoms. The zero-order valence-corrected chi connectivity index (χ0v) is 12.3. The van der Waals surface area contributed by atoms with Gasteiger partial charge in [-0.05, 0) is 12.1 Å². The Kier molecular flexibility index (Phi) is 6.52. The number of ether oxygens (including phenoxy) is 2. The van der Waals surface area contributed by atoms with Crippen LogP contribution in [0.3, 0.4) is 0 Å². The van der Waals surface area contributed by atoms with Crippen LogP contribution in [0, 0.1) is 0 Å². The van der Waals surface area contributed by atoms with Crippen molar-refractivity contribution < 1.29 is 17.9 Å². The SMILES string of the molecule is O=S(=O)(Cl)CCOCCOc1cccc(Cl)c1Cl. The lowest BCUT2D eigenvalue weighted by Gasteiger charge is -2.08. The van der Waals surface area contributed by atoms with E-state index in [9.17, 15) is 8.42 Å². The van der Waals surface area contributed by atoms with Crippen molar-refractivity contribution in [2.45, 2.75) is 0 Å². The van der Waals surface area contributed by atoms with Crippen LogP contribution in [0.5, 0.6) is 5.75 Å².